The van der Waals surface area contributed by atoms with Gasteiger partial charge in [-0.3, -0.25) is 0 Å². The molecule has 2 unspecified atom stereocenters. The zero-order chi connectivity index (χ0) is 13.1. The second kappa shape index (κ2) is 5.39. The summed E-state index contributed by atoms with van der Waals surface area (Å²) in [6.07, 6.45) is 6.52. The van der Waals surface area contributed by atoms with Gasteiger partial charge in [0.05, 0.1) is 0 Å². The maximum Gasteiger partial charge on any atom is 0.151 e. The van der Waals surface area contributed by atoms with Crippen LogP contribution in [0.25, 0.3) is 0 Å². The fourth-order valence-corrected chi connectivity index (χ4v) is 2.93. The van der Waals surface area contributed by atoms with Crippen LogP contribution in [0.5, 0.6) is 0 Å². The van der Waals surface area contributed by atoms with Gasteiger partial charge < -0.3 is 4.90 Å². The highest BCUT2D eigenvalue weighted by Gasteiger charge is 2.28. The molecule has 2 heterocycles. The predicted octanol–water partition coefficient (Wildman–Crippen LogP) is 2.58. The van der Waals surface area contributed by atoms with Crippen molar-refractivity contribution in [3.63, 3.8) is 0 Å². The van der Waals surface area contributed by atoms with E-state index in [9.17, 15) is 0 Å². The van der Waals surface area contributed by atoms with E-state index in [2.05, 4.69) is 41.8 Å². The van der Waals surface area contributed by atoms with Crippen molar-refractivity contribution < 1.29 is 0 Å². The fraction of sp³-hybridized carbons (Fsp3) is 0.600. The molecule has 0 spiro atoms. The van der Waals surface area contributed by atoms with Gasteiger partial charge in [0.15, 0.2) is 5.82 Å². The van der Waals surface area contributed by atoms with Crippen molar-refractivity contribution in [2.24, 2.45) is 17.8 Å². The number of piperidine rings is 1. The van der Waals surface area contributed by atoms with Crippen LogP contribution in [-0.2, 0) is 0 Å². The topological polar surface area (TPSA) is 29.0 Å². The molecule has 1 aliphatic heterocycles. The van der Waals surface area contributed by atoms with E-state index in [-0.39, 0.29) is 0 Å². The molecular formula is C15H21N3. The summed E-state index contributed by atoms with van der Waals surface area (Å²) in [5, 5.41) is 8.23. The van der Waals surface area contributed by atoms with Gasteiger partial charge in [0.25, 0.3) is 0 Å². The lowest BCUT2D eigenvalue weighted by Gasteiger charge is -2.39. The molecule has 0 saturated carbocycles. The van der Waals surface area contributed by atoms with Crippen LogP contribution in [0, 0.1) is 30.1 Å². The van der Waals surface area contributed by atoms with Crippen LogP contribution in [0.2, 0.25) is 0 Å². The summed E-state index contributed by atoms with van der Waals surface area (Å²) in [6, 6.07) is 3.84. The summed E-state index contributed by atoms with van der Waals surface area (Å²) in [7, 11) is 0. The number of hydrogen-bond donors (Lipinski definition) is 0. The lowest BCUT2D eigenvalue weighted by molar-refractivity contribution is 0.228. The lowest BCUT2D eigenvalue weighted by atomic mass is 9.79. The second-order valence-corrected chi connectivity index (χ2v) is 5.54. The maximum atomic E-state index is 5.29. The Balaban J connectivity index is 2.05. The number of hydrogen-bond acceptors (Lipinski definition) is 3. The molecular weight excluding hydrogens is 222 g/mol. The Morgan fingerprint density at radius 1 is 1.39 bits per heavy atom. The van der Waals surface area contributed by atoms with E-state index in [0.29, 0.717) is 11.6 Å². The molecule has 1 aromatic heterocycles. The van der Waals surface area contributed by atoms with Gasteiger partial charge in [-0.15, -0.1) is 16.6 Å². The van der Waals surface area contributed by atoms with Crippen molar-refractivity contribution in [2.75, 3.05) is 18.0 Å². The number of nitrogens with zero attached hydrogens (tertiary/aromatic N) is 3. The molecule has 1 saturated heterocycles. The molecule has 96 valence electrons. The number of aromatic nitrogens is 2. The summed E-state index contributed by atoms with van der Waals surface area (Å²) in [5.74, 6) is 5.72. The summed E-state index contributed by atoms with van der Waals surface area (Å²) in [4.78, 5) is 2.32. The quantitative estimate of drug-likeness (QED) is 0.748. The highest BCUT2D eigenvalue weighted by atomic mass is 15.3. The average Bonchev–Trinajstić information content (AvgIpc) is 2.38. The molecule has 0 aromatic carbocycles. The summed E-state index contributed by atoms with van der Waals surface area (Å²) < 4.78 is 0. The number of terminal acetylenes is 1. The third-order valence-electron chi connectivity index (χ3n) is 3.95. The molecule has 3 heteroatoms. The second-order valence-electron chi connectivity index (χ2n) is 5.54. The predicted molar refractivity (Wildman–Crippen MR) is 74.3 cm³/mol. The van der Waals surface area contributed by atoms with Crippen LogP contribution in [-0.4, -0.2) is 23.3 Å². The maximum absolute atomic E-state index is 5.29. The van der Waals surface area contributed by atoms with E-state index in [4.69, 9.17) is 6.42 Å². The first-order valence-corrected chi connectivity index (χ1v) is 6.67. The van der Waals surface area contributed by atoms with Crippen LogP contribution in [0.15, 0.2) is 12.1 Å². The molecule has 18 heavy (non-hydrogen) atoms. The zero-order valence-corrected chi connectivity index (χ0v) is 11.4. The lowest BCUT2D eigenvalue weighted by Crippen LogP contribution is -2.41. The van der Waals surface area contributed by atoms with Gasteiger partial charge >= 0.3 is 0 Å². The van der Waals surface area contributed by atoms with Crippen molar-refractivity contribution in [3.8, 4) is 12.3 Å². The Morgan fingerprint density at radius 3 is 2.67 bits per heavy atom. The smallest absolute Gasteiger partial charge is 0.151 e. The highest BCUT2D eigenvalue weighted by Crippen LogP contribution is 2.31. The molecule has 1 fully saturated rings. The van der Waals surface area contributed by atoms with E-state index in [1.165, 1.54) is 6.42 Å². The molecule has 2 rings (SSSR count). The van der Waals surface area contributed by atoms with Crippen LogP contribution in [0.3, 0.4) is 0 Å². The third kappa shape index (κ3) is 2.64. The standard InChI is InChI=1S/C15H21N3/c1-5-13-6-7-15(17-16-13)18-9-8-14(11(2)3)12(4)10-18/h1,6-7,11-12,14H,8-10H2,2-4H3. The number of rotatable bonds is 2. The molecule has 3 nitrogen and oxygen atoms in total. The monoisotopic (exact) mass is 243 g/mol. The molecule has 0 radical (unpaired) electrons. The zero-order valence-electron chi connectivity index (χ0n) is 11.4. The Morgan fingerprint density at radius 2 is 2.17 bits per heavy atom. The van der Waals surface area contributed by atoms with E-state index >= 15 is 0 Å². The van der Waals surface area contributed by atoms with Gasteiger partial charge in [0.2, 0.25) is 0 Å². The summed E-state index contributed by atoms with van der Waals surface area (Å²) >= 11 is 0. The molecule has 0 N–H and O–H groups in total. The first kappa shape index (κ1) is 12.9. The normalized spacial score (nSPS) is 24.1. The third-order valence-corrected chi connectivity index (χ3v) is 3.95. The number of anilines is 1. The van der Waals surface area contributed by atoms with E-state index in [1.54, 1.807) is 0 Å². The molecule has 1 aliphatic rings. The average molecular weight is 243 g/mol. The minimum Gasteiger partial charge on any atom is -0.355 e. The molecule has 2 atom stereocenters. The Kier molecular flexibility index (Phi) is 3.86. The molecule has 1 aromatic rings. The van der Waals surface area contributed by atoms with Crippen molar-refractivity contribution in [1.29, 1.82) is 0 Å². The minimum absolute atomic E-state index is 0.601. The first-order valence-electron chi connectivity index (χ1n) is 6.67. The Bertz CT molecular complexity index is 430. The molecule has 0 amide bonds. The van der Waals surface area contributed by atoms with Gasteiger partial charge in [0.1, 0.15) is 5.69 Å². The van der Waals surface area contributed by atoms with Gasteiger partial charge in [-0.05, 0) is 42.2 Å². The van der Waals surface area contributed by atoms with Crippen molar-refractivity contribution in [2.45, 2.75) is 27.2 Å². The van der Waals surface area contributed by atoms with Gasteiger partial charge in [-0.25, -0.2) is 0 Å². The fourth-order valence-electron chi connectivity index (χ4n) is 2.93. The van der Waals surface area contributed by atoms with E-state index in [1.807, 2.05) is 12.1 Å². The van der Waals surface area contributed by atoms with Crippen LogP contribution >= 0.6 is 0 Å². The van der Waals surface area contributed by atoms with E-state index in [0.717, 1.165) is 30.7 Å². The molecule has 0 bridgehead atoms. The summed E-state index contributed by atoms with van der Waals surface area (Å²) in [6.45, 7) is 9.10. The first-order chi connectivity index (χ1) is 8.61. The van der Waals surface area contributed by atoms with Gasteiger partial charge in [0, 0.05) is 13.1 Å². The minimum atomic E-state index is 0.601. The van der Waals surface area contributed by atoms with Crippen molar-refractivity contribution in [3.05, 3.63) is 17.8 Å². The molecule has 0 aliphatic carbocycles. The van der Waals surface area contributed by atoms with Gasteiger partial charge in [-0.1, -0.05) is 20.8 Å². The SMILES string of the molecule is C#Cc1ccc(N2CCC(C(C)C)C(C)C2)nn1. The highest BCUT2D eigenvalue weighted by molar-refractivity contribution is 5.40. The van der Waals surface area contributed by atoms with Crippen LogP contribution in [0.1, 0.15) is 32.9 Å². The summed E-state index contributed by atoms with van der Waals surface area (Å²) in [5.41, 5.74) is 0.601. The largest absolute Gasteiger partial charge is 0.355 e. The van der Waals surface area contributed by atoms with E-state index < -0.39 is 0 Å². The van der Waals surface area contributed by atoms with Crippen molar-refractivity contribution in [1.82, 2.24) is 10.2 Å². The van der Waals surface area contributed by atoms with Crippen LogP contribution < -0.4 is 4.90 Å². The van der Waals surface area contributed by atoms with Crippen LogP contribution in [0.4, 0.5) is 5.82 Å². The van der Waals surface area contributed by atoms with Gasteiger partial charge in [-0.2, -0.15) is 0 Å². The van der Waals surface area contributed by atoms with Crippen molar-refractivity contribution >= 4 is 5.82 Å². The Hall–Kier alpha value is -1.56. The Labute approximate surface area is 110 Å².